The van der Waals surface area contributed by atoms with Crippen molar-refractivity contribution in [3.8, 4) is 5.69 Å². The van der Waals surface area contributed by atoms with Crippen molar-refractivity contribution in [3.63, 3.8) is 0 Å². The highest BCUT2D eigenvalue weighted by Gasteiger charge is 2.10. The van der Waals surface area contributed by atoms with Gasteiger partial charge in [-0.1, -0.05) is 23.7 Å². The van der Waals surface area contributed by atoms with E-state index in [1.165, 1.54) is 0 Å². The van der Waals surface area contributed by atoms with E-state index in [0.29, 0.717) is 5.02 Å². The van der Waals surface area contributed by atoms with Crippen LogP contribution in [0.15, 0.2) is 42.7 Å². The zero-order chi connectivity index (χ0) is 11.8. The Labute approximate surface area is 104 Å². The number of rotatable bonds is 1. The molecule has 0 radical (unpaired) electrons. The third-order valence-electron chi connectivity index (χ3n) is 2.72. The average molecular weight is 244 g/mol. The first-order valence-electron chi connectivity index (χ1n) is 5.31. The Hall–Kier alpha value is -1.87. The van der Waals surface area contributed by atoms with Crippen LogP contribution in [0.2, 0.25) is 5.02 Å². The Morgan fingerprint density at radius 1 is 1.18 bits per heavy atom. The predicted octanol–water partition coefficient (Wildman–Crippen LogP) is 3.38. The largest absolute Gasteiger partial charge is 0.295 e. The molecule has 2 aromatic heterocycles. The molecule has 2 heterocycles. The maximum absolute atomic E-state index is 6.18. The summed E-state index contributed by atoms with van der Waals surface area (Å²) in [5.41, 5.74) is 2.93. The van der Waals surface area contributed by atoms with Crippen molar-refractivity contribution in [2.45, 2.75) is 6.92 Å². The lowest BCUT2D eigenvalue weighted by molar-refractivity contribution is 0.996. The molecule has 0 aliphatic rings. The van der Waals surface area contributed by atoms with Crippen molar-refractivity contribution in [2.75, 3.05) is 0 Å². The molecular weight excluding hydrogens is 234 g/mol. The molecule has 0 saturated carbocycles. The molecule has 0 unspecified atom stereocenters. The molecule has 3 rings (SSSR count). The minimum absolute atomic E-state index is 0.624. The van der Waals surface area contributed by atoms with E-state index in [4.69, 9.17) is 11.6 Å². The van der Waals surface area contributed by atoms with Crippen LogP contribution in [0.5, 0.6) is 0 Å². The quantitative estimate of drug-likeness (QED) is 0.656. The van der Waals surface area contributed by atoms with Crippen molar-refractivity contribution >= 4 is 22.6 Å². The molecule has 0 N–H and O–H groups in total. The molecule has 84 valence electrons. The lowest BCUT2D eigenvalue weighted by atomic mass is 10.3. The van der Waals surface area contributed by atoms with Gasteiger partial charge in [-0.25, -0.2) is 4.98 Å². The zero-order valence-electron chi connectivity index (χ0n) is 9.26. The Kier molecular flexibility index (Phi) is 2.34. The van der Waals surface area contributed by atoms with Crippen molar-refractivity contribution in [1.82, 2.24) is 14.5 Å². The summed E-state index contributed by atoms with van der Waals surface area (Å²) in [6.45, 7) is 1.97. The lowest BCUT2D eigenvalue weighted by Crippen LogP contribution is -1.97. The van der Waals surface area contributed by atoms with Gasteiger partial charge in [0.05, 0.1) is 21.7 Å². The molecule has 0 amide bonds. The molecule has 0 aliphatic carbocycles. The summed E-state index contributed by atoms with van der Waals surface area (Å²) in [5.74, 6) is 0.916. The van der Waals surface area contributed by atoms with Crippen LogP contribution in [0, 0.1) is 6.92 Å². The van der Waals surface area contributed by atoms with Gasteiger partial charge >= 0.3 is 0 Å². The summed E-state index contributed by atoms with van der Waals surface area (Å²) in [4.78, 5) is 8.51. The molecule has 0 saturated heterocycles. The van der Waals surface area contributed by atoms with Crippen molar-refractivity contribution in [2.24, 2.45) is 0 Å². The maximum Gasteiger partial charge on any atom is 0.111 e. The van der Waals surface area contributed by atoms with E-state index in [0.717, 1.165) is 22.5 Å². The molecule has 0 bridgehead atoms. The van der Waals surface area contributed by atoms with E-state index in [-0.39, 0.29) is 0 Å². The van der Waals surface area contributed by atoms with Crippen LogP contribution >= 0.6 is 11.6 Å². The highest BCUT2D eigenvalue weighted by Crippen LogP contribution is 2.25. The summed E-state index contributed by atoms with van der Waals surface area (Å²) >= 11 is 6.18. The normalized spacial score (nSPS) is 10.9. The van der Waals surface area contributed by atoms with Gasteiger partial charge in [0.1, 0.15) is 5.82 Å². The fraction of sp³-hybridized carbons (Fsp3) is 0.0769. The Morgan fingerprint density at radius 3 is 2.82 bits per heavy atom. The lowest BCUT2D eigenvalue weighted by Gasteiger charge is -2.07. The summed E-state index contributed by atoms with van der Waals surface area (Å²) in [7, 11) is 0. The molecule has 0 aliphatic heterocycles. The van der Waals surface area contributed by atoms with Gasteiger partial charge in [-0.2, -0.15) is 0 Å². The van der Waals surface area contributed by atoms with Gasteiger partial charge in [0.2, 0.25) is 0 Å². The van der Waals surface area contributed by atoms with Crippen molar-refractivity contribution in [1.29, 1.82) is 0 Å². The number of aryl methyl sites for hydroxylation is 1. The molecule has 3 nitrogen and oxygen atoms in total. The molecule has 1 aromatic carbocycles. The molecule has 17 heavy (non-hydrogen) atoms. The second kappa shape index (κ2) is 3.86. The Balaban J connectivity index is 2.38. The number of benzene rings is 1. The van der Waals surface area contributed by atoms with Gasteiger partial charge in [0, 0.05) is 12.4 Å². The Bertz CT molecular complexity index is 688. The number of hydrogen-bond acceptors (Lipinski definition) is 2. The van der Waals surface area contributed by atoms with Crippen LogP contribution in [0.25, 0.3) is 16.7 Å². The highest BCUT2D eigenvalue weighted by atomic mass is 35.5. The predicted molar refractivity (Wildman–Crippen MR) is 68.6 cm³/mol. The first-order chi connectivity index (χ1) is 8.27. The fourth-order valence-electron chi connectivity index (χ4n) is 2.00. The van der Waals surface area contributed by atoms with Gasteiger partial charge < -0.3 is 0 Å². The van der Waals surface area contributed by atoms with Crippen LogP contribution in [-0.2, 0) is 0 Å². The van der Waals surface area contributed by atoms with E-state index in [9.17, 15) is 0 Å². The zero-order valence-corrected chi connectivity index (χ0v) is 10.0. The molecule has 0 fully saturated rings. The smallest absolute Gasteiger partial charge is 0.111 e. The summed E-state index contributed by atoms with van der Waals surface area (Å²) < 4.78 is 2.04. The van der Waals surface area contributed by atoms with Gasteiger partial charge in [0.15, 0.2) is 0 Å². The highest BCUT2D eigenvalue weighted by molar-refractivity contribution is 6.32. The summed E-state index contributed by atoms with van der Waals surface area (Å²) in [6, 6.07) is 9.89. The SMILES string of the molecule is Cc1nc2ccccc2n1-c1ccncc1Cl. The van der Waals surface area contributed by atoms with Crippen LogP contribution in [0.1, 0.15) is 5.82 Å². The molecule has 4 heteroatoms. The molecular formula is C13H10ClN3. The van der Waals surface area contributed by atoms with Crippen LogP contribution < -0.4 is 0 Å². The van der Waals surface area contributed by atoms with E-state index in [2.05, 4.69) is 9.97 Å². The van der Waals surface area contributed by atoms with Crippen LogP contribution in [0.3, 0.4) is 0 Å². The van der Waals surface area contributed by atoms with Gasteiger partial charge in [-0.3, -0.25) is 9.55 Å². The fourth-order valence-corrected chi connectivity index (χ4v) is 2.20. The van der Waals surface area contributed by atoms with E-state index in [1.807, 2.05) is 41.8 Å². The molecule has 0 atom stereocenters. The number of fused-ring (bicyclic) bond motifs is 1. The topological polar surface area (TPSA) is 30.7 Å². The first kappa shape index (κ1) is 10.3. The molecule has 0 spiro atoms. The third-order valence-corrected chi connectivity index (χ3v) is 3.01. The number of hydrogen-bond donors (Lipinski definition) is 0. The number of nitrogens with zero attached hydrogens (tertiary/aromatic N) is 3. The number of pyridine rings is 1. The number of halogens is 1. The number of imidazole rings is 1. The third kappa shape index (κ3) is 1.59. The molecule has 3 aromatic rings. The second-order valence-corrected chi connectivity index (χ2v) is 4.22. The van der Waals surface area contributed by atoms with Crippen LogP contribution in [-0.4, -0.2) is 14.5 Å². The summed E-state index contributed by atoms with van der Waals surface area (Å²) in [5, 5.41) is 0.624. The van der Waals surface area contributed by atoms with Gasteiger partial charge in [0.25, 0.3) is 0 Å². The van der Waals surface area contributed by atoms with Gasteiger partial charge in [-0.05, 0) is 25.1 Å². The second-order valence-electron chi connectivity index (χ2n) is 3.81. The monoisotopic (exact) mass is 243 g/mol. The number of para-hydroxylation sites is 2. The van der Waals surface area contributed by atoms with Crippen molar-refractivity contribution in [3.05, 3.63) is 53.6 Å². The van der Waals surface area contributed by atoms with Crippen molar-refractivity contribution < 1.29 is 0 Å². The van der Waals surface area contributed by atoms with Gasteiger partial charge in [-0.15, -0.1) is 0 Å². The Morgan fingerprint density at radius 2 is 2.00 bits per heavy atom. The van der Waals surface area contributed by atoms with E-state index in [1.54, 1.807) is 12.4 Å². The summed E-state index contributed by atoms with van der Waals surface area (Å²) in [6.07, 6.45) is 3.38. The van der Waals surface area contributed by atoms with E-state index >= 15 is 0 Å². The first-order valence-corrected chi connectivity index (χ1v) is 5.69. The maximum atomic E-state index is 6.18. The standard InChI is InChI=1S/C13H10ClN3/c1-9-16-11-4-2-3-5-13(11)17(9)12-6-7-15-8-10(12)14/h2-8H,1H3. The minimum Gasteiger partial charge on any atom is -0.295 e. The van der Waals surface area contributed by atoms with E-state index < -0.39 is 0 Å². The average Bonchev–Trinajstić information content (AvgIpc) is 2.66. The minimum atomic E-state index is 0.624. The number of aromatic nitrogens is 3. The van der Waals surface area contributed by atoms with Crippen LogP contribution in [0.4, 0.5) is 0 Å².